The number of para-hydroxylation sites is 1. The van der Waals surface area contributed by atoms with Gasteiger partial charge in [-0.3, -0.25) is 10.9 Å². The van der Waals surface area contributed by atoms with E-state index >= 15 is 0 Å². The van der Waals surface area contributed by atoms with Crippen LogP contribution in [-0.2, 0) is 0 Å². The van der Waals surface area contributed by atoms with Crippen LogP contribution in [0.15, 0.2) is 30.6 Å². The van der Waals surface area contributed by atoms with Crippen LogP contribution in [0.1, 0.15) is 17.4 Å². The summed E-state index contributed by atoms with van der Waals surface area (Å²) in [6.07, 6.45) is 1.44. The topological polar surface area (TPSA) is 88.8 Å². The van der Waals surface area contributed by atoms with Crippen molar-refractivity contribution >= 4 is 0 Å². The van der Waals surface area contributed by atoms with E-state index in [0.717, 1.165) is 11.3 Å². The molecule has 2 rings (SSSR count). The van der Waals surface area contributed by atoms with Crippen molar-refractivity contribution in [2.75, 3.05) is 7.11 Å². The van der Waals surface area contributed by atoms with Crippen molar-refractivity contribution in [2.24, 2.45) is 5.84 Å². The highest BCUT2D eigenvalue weighted by Gasteiger charge is 2.18. The lowest BCUT2D eigenvalue weighted by atomic mass is 10.1. The first-order chi connectivity index (χ1) is 7.86. The summed E-state index contributed by atoms with van der Waals surface area (Å²) in [5.41, 5.74) is 3.59. The number of nitrogens with one attached hydrogen (secondary N) is 2. The summed E-state index contributed by atoms with van der Waals surface area (Å²) < 4.78 is 5.27. The van der Waals surface area contributed by atoms with Crippen LogP contribution in [0.5, 0.6) is 5.75 Å². The van der Waals surface area contributed by atoms with Gasteiger partial charge < -0.3 is 4.74 Å². The average molecular weight is 219 g/mol. The van der Waals surface area contributed by atoms with E-state index < -0.39 is 0 Å². The summed E-state index contributed by atoms with van der Waals surface area (Å²) in [7, 11) is 1.62. The van der Waals surface area contributed by atoms with Crippen molar-refractivity contribution in [3.05, 3.63) is 42.0 Å². The Hall–Kier alpha value is -1.92. The molecule has 6 nitrogen and oxygen atoms in total. The summed E-state index contributed by atoms with van der Waals surface area (Å²) in [4.78, 5) is 4.07. The molecule has 0 amide bonds. The number of nitrogens with two attached hydrogens (primary N) is 1. The quantitative estimate of drug-likeness (QED) is 0.510. The van der Waals surface area contributed by atoms with Gasteiger partial charge in [0.1, 0.15) is 23.9 Å². The van der Waals surface area contributed by atoms with Crippen molar-refractivity contribution < 1.29 is 4.74 Å². The Balaban J connectivity index is 2.41. The Morgan fingerprint density at radius 2 is 2.25 bits per heavy atom. The largest absolute Gasteiger partial charge is 0.496 e. The molecular formula is C10H13N5O. The van der Waals surface area contributed by atoms with Crippen LogP contribution in [0.2, 0.25) is 0 Å². The molecule has 0 aliphatic rings. The van der Waals surface area contributed by atoms with E-state index in [1.807, 2.05) is 24.3 Å². The second-order valence-electron chi connectivity index (χ2n) is 3.21. The number of nitrogens with zero attached hydrogens (tertiary/aromatic N) is 2. The Labute approximate surface area is 92.8 Å². The lowest BCUT2D eigenvalue weighted by molar-refractivity contribution is 0.403. The van der Waals surface area contributed by atoms with E-state index in [1.54, 1.807) is 7.11 Å². The van der Waals surface area contributed by atoms with Crippen molar-refractivity contribution in [1.29, 1.82) is 0 Å². The fourth-order valence-corrected chi connectivity index (χ4v) is 1.57. The fourth-order valence-electron chi connectivity index (χ4n) is 1.57. The Morgan fingerprint density at radius 3 is 2.88 bits per heavy atom. The standard InChI is InChI=1S/C10H13N5O/c1-16-8-5-3-2-4-7(8)9(14-11)10-12-6-13-15-10/h2-6,9,14H,11H2,1H3,(H,12,13,15). The van der Waals surface area contributed by atoms with Crippen LogP contribution in [0.4, 0.5) is 0 Å². The lowest BCUT2D eigenvalue weighted by Crippen LogP contribution is -2.30. The molecule has 1 heterocycles. The Bertz CT molecular complexity index is 442. The summed E-state index contributed by atoms with van der Waals surface area (Å²) in [6.45, 7) is 0. The minimum absolute atomic E-state index is 0.265. The smallest absolute Gasteiger partial charge is 0.147 e. The van der Waals surface area contributed by atoms with Gasteiger partial charge >= 0.3 is 0 Å². The molecule has 1 aromatic heterocycles. The van der Waals surface area contributed by atoms with Crippen molar-refractivity contribution in [1.82, 2.24) is 20.6 Å². The first-order valence-corrected chi connectivity index (χ1v) is 4.81. The van der Waals surface area contributed by atoms with Crippen molar-refractivity contribution in [3.63, 3.8) is 0 Å². The lowest BCUT2D eigenvalue weighted by Gasteiger charge is -2.16. The third-order valence-corrected chi connectivity index (χ3v) is 2.32. The maximum absolute atomic E-state index is 5.53. The molecule has 0 aliphatic carbocycles. The zero-order chi connectivity index (χ0) is 11.4. The normalized spacial score (nSPS) is 12.4. The van der Waals surface area contributed by atoms with E-state index in [9.17, 15) is 0 Å². The third-order valence-electron chi connectivity index (χ3n) is 2.32. The van der Waals surface area contributed by atoms with Crippen LogP contribution in [0, 0.1) is 0 Å². The first kappa shape index (κ1) is 10.6. The second kappa shape index (κ2) is 4.73. The molecule has 1 unspecified atom stereocenters. The SMILES string of the molecule is COc1ccccc1C(NN)c1ncn[nH]1. The molecule has 1 aromatic carbocycles. The Kier molecular flexibility index (Phi) is 3.13. The van der Waals surface area contributed by atoms with Gasteiger partial charge in [-0.25, -0.2) is 10.4 Å². The number of rotatable bonds is 4. The van der Waals surface area contributed by atoms with Crippen LogP contribution in [0.3, 0.4) is 0 Å². The van der Waals surface area contributed by atoms with E-state index in [4.69, 9.17) is 10.6 Å². The molecule has 16 heavy (non-hydrogen) atoms. The third kappa shape index (κ3) is 1.88. The zero-order valence-corrected chi connectivity index (χ0v) is 8.84. The van der Waals surface area contributed by atoms with Gasteiger partial charge in [-0.15, -0.1) is 0 Å². The minimum Gasteiger partial charge on any atom is -0.496 e. The number of benzene rings is 1. The van der Waals surface area contributed by atoms with Crippen molar-refractivity contribution in [3.8, 4) is 5.75 Å². The number of methoxy groups -OCH3 is 1. The predicted molar refractivity (Wildman–Crippen MR) is 58.5 cm³/mol. The average Bonchev–Trinajstić information content (AvgIpc) is 2.84. The molecule has 0 fully saturated rings. The van der Waals surface area contributed by atoms with Gasteiger partial charge in [-0.2, -0.15) is 5.10 Å². The monoisotopic (exact) mass is 219 g/mol. The second-order valence-corrected chi connectivity index (χ2v) is 3.21. The first-order valence-electron chi connectivity index (χ1n) is 4.81. The van der Waals surface area contributed by atoms with E-state index in [2.05, 4.69) is 20.6 Å². The van der Waals surface area contributed by atoms with Gasteiger partial charge in [0, 0.05) is 5.56 Å². The van der Waals surface area contributed by atoms with E-state index in [1.165, 1.54) is 6.33 Å². The zero-order valence-electron chi connectivity index (χ0n) is 8.84. The van der Waals surface area contributed by atoms with Crippen LogP contribution >= 0.6 is 0 Å². The highest BCUT2D eigenvalue weighted by Crippen LogP contribution is 2.26. The van der Waals surface area contributed by atoms with Gasteiger partial charge in [0.15, 0.2) is 0 Å². The van der Waals surface area contributed by atoms with Crippen LogP contribution in [-0.4, -0.2) is 22.3 Å². The number of H-pyrrole nitrogens is 1. The number of hydrazine groups is 1. The van der Waals surface area contributed by atoms with E-state index in [0.29, 0.717) is 5.82 Å². The number of hydrogen-bond donors (Lipinski definition) is 3. The number of ether oxygens (including phenoxy) is 1. The van der Waals surface area contributed by atoms with Crippen LogP contribution in [0.25, 0.3) is 0 Å². The Morgan fingerprint density at radius 1 is 1.44 bits per heavy atom. The summed E-state index contributed by atoms with van der Waals surface area (Å²) >= 11 is 0. The molecule has 0 radical (unpaired) electrons. The molecule has 4 N–H and O–H groups in total. The fraction of sp³-hybridized carbons (Fsp3) is 0.200. The molecule has 0 saturated carbocycles. The van der Waals surface area contributed by atoms with Gasteiger partial charge in [-0.1, -0.05) is 18.2 Å². The predicted octanol–water partition coefficient (Wildman–Crippen LogP) is 0.366. The molecule has 0 spiro atoms. The molecule has 2 aromatic rings. The molecule has 1 atom stereocenters. The summed E-state index contributed by atoms with van der Waals surface area (Å²) in [5.74, 6) is 6.92. The molecule has 0 saturated heterocycles. The molecule has 6 heteroatoms. The van der Waals surface area contributed by atoms with E-state index in [-0.39, 0.29) is 6.04 Å². The maximum Gasteiger partial charge on any atom is 0.147 e. The number of aromatic nitrogens is 3. The molecule has 0 bridgehead atoms. The molecular weight excluding hydrogens is 206 g/mol. The minimum atomic E-state index is -0.265. The van der Waals surface area contributed by atoms with Gasteiger partial charge in [0.05, 0.1) is 7.11 Å². The maximum atomic E-state index is 5.53. The van der Waals surface area contributed by atoms with Gasteiger partial charge in [-0.05, 0) is 6.07 Å². The van der Waals surface area contributed by atoms with Gasteiger partial charge in [0.2, 0.25) is 0 Å². The van der Waals surface area contributed by atoms with Crippen molar-refractivity contribution in [2.45, 2.75) is 6.04 Å². The molecule has 84 valence electrons. The molecule has 0 aliphatic heterocycles. The highest BCUT2D eigenvalue weighted by molar-refractivity contribution is 5.38. The number of aromatic amines is 1. The number of hydrogen-bond acceptors (Lipinski definition) is 5. The highest BCUT2D eigenvalue weighted by atomic mass is 16.5. The van der Waals surface area contributed by atoms with Gasteiger partial charge in [0.25, 0.3) is 0 Å². The summed E-state index contributed by atoms with van der Waals surface area (Å²) in [5, 5.41) is 6.58. The van der Waals surface area contributed by atoms with Crippen LogP contribution < -0.4 is 16.0 Å². The summed E-state index contributed by atoms with van der Waals surface area (Å²) in [6, 6.07) is 7.34.